The minimum absolute atomic E-state index is 0.294. The molecule has 4 aromatic rings. The van der Waals surface area contributed by atoms with Crippen molar-refractivity contribution in [3.63, 3.8) is 0 Å². The summed E-state index contributed by atoms with van der Waals surface area (Å²) in [6.45, 7) is 0. The molecule has 0 aliphatic rings. The summed E-state index contributed by atoms with van der Waals surface area (Å²) in [5, 5.41) is 9.89. The van der Waals surface area contributed by atoms with E-state index in [4.69, 9.17) is 4.74 Å². The number of aromatic nitrogens is 3. The van der Waals surface area contributed by atoms with Crippen LogP contribution in [0.5, 0.6) is 5.88 Å². The molecular weight excluding hydrogens is 342 g/mol. The summed E-state index contributed by atoms with van der Waals surface area (Å²) in [4.78, 5) is 16.6. The van der Waals surface area contributed by atoms with Gasteiger partial charge in [0, 0.05) is 23.0 Å². The fraction of sp³-hybridized carbons (Fsp3) is 0.0500. The van der Waals surface area contributed by atoms with Crippen LogP contribution in [-0.2, 0) is 0 Å². The first-order chi connectivity index (χ1) is 13.2. The zero-order valence-corrected chi connectivity index (χ0v) is 14.6. The first-order valence-corrected chi connectivity index (χ1v) is 8.35. The molecule has 2 amide bonds. The number of anilines is 2. The van der Waals surface area contributed by atoms with Crippen LogP contribution in [0.25, 0.3) is 16.9 Å². The van der Waals surface area contributed by atoms with Crippen molar-refractivity contribution in [3.05, 3.63) is 72.9 Å². The molecule has 0 bridgehead atoms. The molecule has 0 radical (unpaired) electrons. The lowest BCUT2D eigenvalue weighted by atomic mass is 10.1. The topological polar surface area (TPSA) is 80.5 Å². The first kappa shape index (κ1) is 16.6. The number of amides is 2. The summed E-state index contributed by atoms with van der Waals surface area (Å²) in [5.41, 5.74) is 3.87. The van der Waals surface area contributed by atoms with E-state index in [1.54, 1.807) is 17.7 Å². The second-order valence-electron chi connectivity index (χ2n) is 5.83. The minimum Gasteiger partial charge on any atom is -0.480 e. The number of hydrogen-bond acceptors (Lipinski definition) is 4. The molecule has 2 heterocycles. The number of benzene rings is 2. The van der Waals surface area contributed by atoms with Gasteiger partial charge in [-0.3, -0.25) is 0 Å². The Labute approximate surface area is 155 Å². The van der Waals surface area contributed by atoms with Gasteiger partial charge in [0.25, 0.3) is 0 Å². The number of methoxy groups -OCH3 is 1. The highest BCUT2D eigenvalue weighted by molar-refractivity contribution is 5.99. The number of nitrogens with zero attached hydrogens (tertiary/aromatic N) is 3. The fourth-order valence-electron chi connectivity index (χ4n) is 2.65. The van der Waals surface area contributed by atoms with Crippen molar-refractivity contribution < 1.29 is 9.53 Å². The van der Waals surface area contributed by atoms with Gasteiger partial charge in [0.2, 0.25) is 5.88 Å². The molecule has 0 unspecified atom stereocenters. The molecule has 0 saturated carbocycles. The van der Waals surface area contributed by atoms with Crippen LogP contribution >= 0.6 is 0 Å². The highest BCUT2D eigenvalue weighted by atomic mass is 16.5. The molecule has 7 nitrogen and oxygen atoms in total. The Balaban J connectivity index is 1.48. The molecule has 7 heteroatoms. The predicted octanol–water partition coefficient (Wildman–Crippen LogP) is 4.05. The van der Waals surface area contributed by atoms with Crippen molar-refractivity contribution in [1.29, 1.82) is 0 Å². The van der Waals surface area contributed by atoms with E-state index in [1.807, 2.05) is 66.9 Å². The number of hydrogen-bond donors (Lipinski definition) is 2. The third kappa shape index (κ3) is 3.72. The summed E-state index contributed by atoms with van der Waals surface area (Å²) in [7, 11) is 1.58. The second-order valence-corrected chi connectivity index (χ2v) is 5.83. The van der Waals surface area contributed by atoms with Crippen molar-refractivity contribution in [1.82, 2.24) is 14.6 Å². The van der Waals surface area contributed by atoms with Crippen molar-refractivity contribution in [2.24, 2.45) is 0 Å². The minimum atomic E-state index is -0.294. The van der Waals surface area contributed by atoms with Gasteiger partial charge in [-0.1, -0.05) is 30.3 Å². The number of rotatable bonds is 4. The maximum absolute atomic E-state index is 12.1. The number of carbonyl (C=O) groups is 1. The van der Waals surface area contributed by atoms with Gasteiger partial charge >= 0.3 is 6.03 Å². The standard InChI is InChI=1S/C20H17N5O2/c1-27-19-12-11-18-23-17(13-25(18)24-19)14-7-9-16(10-8-14)22-20(26)21-15-5-3-2-4-6-15/h2-13H,1H3,(H2,21,22,26). The highest BCUT2D eigenvalue weighted by Crippen LogP contribution is 2.22. The zero-order chi connectivity index (χ0) is 18.6. The molecule has 0 aliphatic heterocycles. The summed E-state index contributed by atoms with van der Waals surface area (Å²) in [6, 6.07) is 20.1. The van der Waals surface area contributed by atoms with Crippen LogP contribution in [0.3, 0.4) is 0 Å². The van der Waals surface area contributed by atoms with E-state index in [1.165, 1.54) is 0 Å². The lowest BCUT2D eigenvalue weighted by Crippen LogP contribution is -2.19. The molecular formula is C20H17N5O2. The second kappa shape index (κ2) is 7.17. The third-order valence-corrected chi connectivity index (χ3v) is 3.97. The van der Waals surface area contributed by atoms with Crippen LogP contribution < -0.4 is 15.4 Å². The van der Waals surface area contributed by atoms with Crippen LogP contribution in [0, 0.1) is 0 Å². The molecule has 0 spiro atoms. The number of urea groups is 1. The number of carbonyl (C=O) groups excluding carboxylic acids is 1. The average molecular weight is 359 g/mol. The molecule has 2 N–H and O–H groups in total. The Hall–Kier alpha value is -3.87. The van der Waals surface area contributed by atoms with Gasteiger partial charge in [-0.15, -0.1) is 5.10 Å². The van der Waals surface area contributed by atoms with Gasteiger partial charge in [0.15, 0.2) is 5.65 Å². The van der Waals surface area contributed by atoms with E-state index in [9.17, 15) is 4.79 Å². The normalized spacial score (nSPS) is 10.6. The maximum atomic E-state index is 12.1. The Bertz CT molecular complexity index is 1070. The van der Waals surface area contributed by atoms with Gasteiger partial charge in [0.1, 0.15) is 0 Å². The van der Waals surface area contributed by atoms with Crippen LogP contribution in [0.15, 0.2) is 72.9 Å². The molecule has 27 heavy (non-hydrogen) atoms. The van der Waals surface area contributed by atoms with Gasteiger partial charge in [0.05, 0.1) is 19.0 Å². The van der Waals surface area contributed by atoms with E-state index in [-0.39, 0.29) is 6.03 Å². The van der Waals surface area contributed by atoms with Crippen molar-refractivity contribution >= 4 is 23.1 Å². The first-order valence-electron chi connectivity index (χ1n) is 8.35. The van der Waals surface area contributed by atoms with Crippen LogP contribution in [0.1, 0.15) is 0 Å². The van der Waals surface area contributed by atoms with Crippen LogP contribution in [0.4, 0.5) is 16.2 Å². The largest absolute Gasteiger partial charge is 0.480 e. The lowest BCUT2D eigenvalue weighted by molar-refractivity contribution is 0.262. The molecule has 0 fully saturated rings. The van der Waals surface area contributed by atoms with Crippen LogP contribution in [0.2, 0.25) is 0 Å². The highest BCUT2D eigenvalue weighted by Gasteiger charge is 2.07. The van der Waals surface area contributed by atoms with Crippen molar-refractivity contribution in [2.45, 2.75) is 0 Å². The smallest absolute Gasteiger partial charge is 0.323 e. The van der Waals surface area contributed by atoms with Crippen molar-refractivity contribution in [2.75, 3.05) is 17.7 Å². The zero-order valence-electron chi connectivity index (χ0n) is 14.6. The summed E-state index contributed by atoms with van der Waals surface area (Å²) < 4.78 is 6.80. The van der Waals surface area contributed by atoms with Crippen molar-refractivity contribution in [3.8, 4) is 17.1 Å². The van der Waals surface area contributed by atoms with Gasteiger partial charge in [-0.25, -0.2) is 14.3 Å². The third-order valence-electron chi connectivity index (χ3n) is 3.97. The number of fused-ring (bicyclic) bond motifs is 1. The number of nitrogens with one attached hydrogen (secondary N) is 2. The molecule has 2 aromatic heterocycles. The predicted molar refractivity (Wildman–Crippen MR) is 104 cm³/mol. The number of para-hydroxylation sites is 1. The molecule has 0 aliphatic carbocycles. The molecule has 4 rings (SSSR count). The van der Waals surface area contributed by atoms with E-state index in [0.717, 1.165) is 22.6 Å². The lowest BCUT2D eigenvalue weighted by Gasteiger charge is -2.07. The molecule has 2 aromatic carbocycles. The Morgan fingerprint density at radius 1 is 0.926 bits per heavy atom. The molecule has 0 saturated heterocycles. The van der Waals surface area contributed by atoms with Gasteiger partial charge in [-0.05, 0) is 30.3 Å². The monoisotopic (exact) mass is 359 g/mol. The Kier molecular flexibility index (Phi) is 4.40. The SMILES string of the molecule is COc1ccc2nc(-c3ccc(NC(=O)Nc4ccccc4)cc3)cn2n1. The fourth-order valence-corrected chi connectivity index (χ4v) is 2.65. The van der Waals surface area contributed by atoms with E-state index >= 15 is 0 Å². The van der Waals surface area contributed by atoms with E-state index < -0.39 is 0 Å². The van der Waals surface area contributed by atoms with Gasteiger partial charge in [-0.2, -0.15) is 0 Å². The Morgan fingerprint density at radius 2 is 1.63 bits per heavy atom. The molecule has 134 valence electrons. The molecule has 0 atom stereocenters. The van der Waals surface area contributed by atoms with Crippen LogP contribution in [-0.4, -0.2) is 27.7 Å². The van der Waals surface area contributed by atoms with E-state index in [0.29, 0.717) is 11.6 Å². The quantitative estimate of drug-likeness (QED) is 0.576. The average Bonchev–Trinajstić information content (AvgIpc) is 3.12. The number of imidazole rings is 1. The summed E-state index contributed by atoms with van der Waals surface area (Å²) in [5.74, 6) is 0.524. The number of ether oxygens (including phenoxy) is 1. The maximum Gasteiger partial charge on any atom is 0.323 e. The van der Waals surface area contributed by atoms with E-state index in [2.05, 4.69) is 20.7 Å². The Morgan fingerprint density at radius 3 is 2.33 bits per heavy atom. The van der Waals surface area contributed by atoms with Gasteiger partial charge < -0.3 is 15.4 Å². The summed E-state index contributed by atoms with van der Waals surface area (Å²) in [6.07, 6.45) is 1.84. The summed E-state index contributed by atoms with van der Waals surface area (Å²) >= 11 is 0.